The van der Waals surface area contributed by atoms with Gasteiger partial charge in [-0.3, -0.25) is 4.98 Å². The molecule has 3 nitrogen and oxygen atoms in total. The Morgan fingerprint density at radius 2 is 2.06 bits per heavy atom. The van der Waals surface area contributed by atoms with Crippen LogP contribution in [0.4, 0.5) is 17.6 Å². The summed E-state index contributed by atoms with van der Waals surface area (Å²) in [6.07, 6.45) is -3.94. The van der Waals surface area contributed by atoms with Crippen molar-refractivity contribution in [3.8, 4) is 0 Å². The van der Waals surface area contributed by atoms with E-state index in [0.717, 1.165) is 0 Å². The average Bonchev–Trinajstić information content (AvgIpc) is 2.15. The molecule has 0 bridgehead atoms. The Bertz CT molecular complexity index is 403. The van der Waals surface area contributed by atoms with Crippen molar-refractivity contribution in [2.24, 2.45) is 0 Å². The molecule has 0 atom stereocenters. The average molecular weight is 237 g/mol. The molecule has 1 heterocycles. The maximum atomic E-state index is 13.0. The van der Waals surface area contributed by atoms with Crippen molar-refractivity contribution in [2.75, 3.05) is 6.61 Å². The fourth-order valence-corrected chi connectivity index (χ4v) is 1.09. The van der Waals surface area contributed by atoms with Crippen LogP contribution >= 0.6 is 0 Å². The van der Waals surface area contributed by atoms with Crippen molar-refractivity contribution in [3.63, 3.8) is 0 Å². The molecule has 0 fully saturated rings. The molecule has 0 aliphatic carbocycles. The van der Waals surface area contributed by atoms with E-state index in [4.69, 9.17) is 0 Å². The van der Waals surface area contributed by atoms with Crippen LogP contribution in [0.2, 0.25) is 0 Å². The number of hydrogen-bond acceptors (Lipinski definition) is 3. The van der Waals surface area contributed by atoms with Gasteiger partial charge in [0.25, 0.3) is 0 Å². The number of hydrogen-bond donors (Lipinski definition) is 0. The van der Waals surface area contributed by atoms with Crippen molar-refractivity contribution >= 4 is 5.97 Å². The first-order valence-corrected chi connectivity index (χ1v) is 4.25. The molecule has 88 valence electrons. The molecule has 0 radical (unpaired) electrons. The predicted octanol–water partition coefficient (Wildman–Crippen LogP) is 2.42. The zero-order valence-electron chi connectivity index (χ0n) is 8.14. The van der Waals surface area contributed by atoms with Gasteiger partial charge in [-0.15, -0.1) is 0 Å². The van der Waals surface area contributed by atoms with E-state index in [1.165, 1.54) is 6.92 Å². The highest BCUT2D eigenvalue weighted by Gasteiger charge is 2.39. The van der Waals surface area contributed by atoms with Crippen LogP contribution in [0.15, 0.2) is 12.4 Å². The minimum Gasteiger partial charge on any atom is -0.462 e. The topological polar surface area (TPSA) is 39.2 Å². The summed E-state index contributed by atoms with van der Waals surface area (Å²) in [6.45, 7) is 1.32. The summed E-state index contributed by atoms with van der Waals surface area (Å²) >= 11 is 0. The molecule has 0 saturated heterocycles. The normalized spacial score (nSPS) is 11.3. The second kappa shape index (κ2) is 4.46. The highest BCUT2D eigenvalue weighted by molar-refractivity contribution is 5.91. The summed E-state index contributed by atoms with van der Waals surface area (Å²) in [5.74, 6) is -2.85. The van der Waals surface area contributed by atoms with Gasteiger partial charge in [0.05, 0.1) is 18.4 Å². The molecular weight excluding hydrogens is 230 g/mol. The van der Waals surface area contributed by atoms with Gasteiger partial charge in [0.15, 0.2) is 5.82 Å². The van der Waals surface area contributed by atoms with Crippen LogP contribution < -0.4 is 0 Å². The highest BCUT2D eigenvalue weighted by Crippen LogP contribution is 2.33. The molecule has 0 aliphatic heterocycles. The lowest BCUT2D eigenvalue weighted by Crippen LogP contribution is -2.17. The predicted molar refractivity (Wildman–Crippen MR) is 45.2 cm³/mol. The van der Waals surface area contributed by atoms with Gasteiger partial charge in [0, 0.05) is 6.20 Å². The van der Waals surface area contributed by atoms with Crippen molar-refractivity contribution in [3.05, 3.63) is 29.3 Å². The first kappa shape index (κ1) is 12.4. The fraction of sp³-hybridized carbons (Fsp3) is 0.333. The van der Waals surface area contributed by atoms with Crippen LogP contribution in [0.25, 0.3) is 0 Å². The molecule has 0 saturated carbocycles. The fourth-order valence-electron chi connectivity index (χ4n) is 1.09. The first-order valence-electron chi connectivity index (χ1n) is 4.25. The van der Waals surface area contributed by atoms with E-state index in [9.17, 15) is 22.4 Å². The number of esters is 1. The van der Waals surface area contributed by atoms with E-state index in [1.807, 2.05) is 0 Å². The molecule has 0 spiro atoms. The summed E-state index contributed by atoms with van der Waals surface area (Å²) < 4.78 is 54.6. The van der Waals surface area contributed by atoms with Gasteiger partial charge in [-0.1, -0.05) is 0 Å². The Hall–Kier alpha value is -1.66. The van der Waals surface area contributed by atoms with Crippen molar-refractivity contribution in [2.45, 2.75) is 13.1 Å². The van der Waals surface area contributed by atoms with Crippen molar-refractivity contribution in [1.82, 2.24) is 4.98 Å². The van der Waals surface area contributed by atoms with Crippen molar-refractivity contribution in [1.29, 1.82) is 0 Å². The first-order chi connectivity index (χ1) is 7.38. The quantitative estimate of drug-likeness (QED) is 0.585. The molecule has 1 aromatic rings. The van der Waals surface area contributed by atoms with Gasteiger partial charge >= 0.3 is 12.1 Å². The highest BCUT2D eigenvalue weighted by atomic mass is 19.4. The Balaban J connectivity index is 3.29. The Morgan fingerprint density at radius 3 is 2.56 bits per heavy atom. The summed E-state index contributed by atoms with van der Waals surface area (Å²) in [5, 5.41) is 0. The number of carbonyl (C=O) groups excluding carboxylic acids is 1. The summed E-state index contributed by atoms with van der Waals surface area (Å²) in [4.78, 5) is 14.3. The van der Waals surface area contributed by atoms with Crippen molar-refractivity contribution < 1.29 is 27.1 Å². The number of ether oxygens (including phenoxy) is 1. The van der Waals surface area contributed by atoms with Crippen LogP contribution in [0.5, 0.6) is 0 Å². The summed E-state index contributed by atoms with van der Waals surface area (Å²) in [5.41, 5.74) is -2.57. The van der Waals surface area contributed by atoms with E-state index >= 15 is 0 Å². The van der Waals surface area contributed by atoms with Gasteiger partial charge in [-0.2, -0.15) is 13.2 Å². The van der Waals surface area contributed by atoms with E-state index in [1.54, 1.807) is 0 Å². The van der Waals surface area contributed by atoms with E-state index in [-0.39, 0.29) is 6.61 Å². The van der Waals surface area contributed by atoms with Gasteiger partial charge < -0.3 is 4.74 Å². The van der Waals surface area contributed by atoms with Gasteiger partial charge in [0.1, 0.15) is 5.56 Å². The molecule has 1 aromatic heterocycles. The zero-order chi connectivity index (χ0) is 12.3. The number of alkyl halides is 3. The van der Waals surface area contributed by atoms with E-state index < -0.39 is 29.1 Å². The molecule has 1 rings (SSSR count). The lowest BCUT2D eigenvalue weighted by molar-refractivity contribution is -0.140. The molecule has 0 aromatic carbocycles. The third-order valence-electron chi connectivity index (χ3n) is 1.68. The Kier molecular flexibility index (Phi) is 3.46. The molecule has 0 amide bonds. The summed E-state index contributed by atoms with van der Waals surface area (Å²) in [7, 11) is 0. The number of pyridine rings is 1. The third kappa shape index (κ3) is 2.47. The summed E-state index contributed by atoms with van der Waals surface area (Å²) in [6, 6.07) is 0. The standard InChI is InChI=1S/C9H7F4NO2/c1-2-16-8(15)5-3-14-4-6(10)7(5)9(11,12)13/h3-4H,2H2,1H3. The molecule has 0 N–H and O–H groups in total. The number of carbonyl (C=O) groups is 1. The molecule has 16 heavy (non-hydrogen) atoms. The SMILES string of the molecule is CCOC(=O)c1cncc(F)c1C(F)(F)F. The van der Waals surface area contributed by atoms with E-state index in [2.05, 4.69) is 9.72 Å². The molecule has 0 aliphatic rings. The largest absolute Gasteiger partial charge is 0.462 e. The van der Waals surface area contributed by atoms with Gasteiger partial charge in [-0.25, -0.2) is 9.18 Å². The zero-order valence-corrected chi connectivity index (χ0v) is 8.14. The van der Waals surface area contributed by atoms with Crippen LogP contribution in [0.1, 0.15) is 22.8 Å². The number of rotatable bonds is 2. The monoisotopic (exact) mass is 237 g/mol. The number of nitrogens with zero attached hydrogens (tertiary/aromatic N) is 1. The van der Waals surface area contributed by atoms with Crippen LogP contribution in [0, 0.1) is 5.82 Å². The number of aromatic nitrogens is 1. The lowest BCUT2D eigenvalue weighted by atomic mass is 10.1. The van der Waals surface area contributed by atoms with Gasteiger partial charge in [-0.05, 0) is 6.92 Å². The second-order valence-corrected chi connectivity index (χ2v) is 2.76. The van der Waals surface area contributed by atoms with Gasteiger partial charge in [0.2, 0.25) is 0 Å². The van der Waals surface area contributed by atoms with Crippen LogP contribution in [-0.2, 0) is 10.9 Å². The Morgan fingerprint density at radius 1 is 1.44 bits per heavy atom. The van der Waals surface area contributed by atoms with Crippen LogP contribution in [-0.4, -0.2) is 17.6 Å². The van der Waals surface area contributed by atoms with Crippen LogP contribution in [0.3, 0.4) is 0 Å². The smallest absolute Gasteiger partial charge is 0.420 e. The van der Waals surface area contributed by atoms with E-state index in [0.29, 0.717) is 12.4 Å². The second-order valence-electron chi connectivity index (χ2n) is 2.76. The third-order valence-corrected chi connectivity index (χ3v) is 1.68. The minimum atomic E-state index is -4.96. The Labute approximate surface area is 88.0 Å². The molecule has 7 heteroatoms. The maximum absolute atomic E-state index is 13.0. The lowest BCUT2D eigenvalue weighted by Gasteiger charge is -2.11. The molecular formula is C9H7F4NO2. The molecule has 0 unspecified atom stereocenters. The number of halogens is 4. The maximum Gasteiger partial charge on any atom is 0.420 e. The minimum absolute atomic E-state index is 0.105.